The van der Waals surface area contributed by atoms with Gasteiger partial charge in [0, 0.05) is 19.8 Å². The van der Waals surface area contributed by atoms with Crippen molar-refractivity contribution in [3.63, 3.8) is 0 Å². The van der Waals surface area contributed by atoms with Crippen molar-refractivity contribution in [3.05, 3.63) is 0 Å². The molecule has 0 spiro atoms. The van der Waals surface area contributed by atoms with Crippen LogP contribution in [0.5, 0.6) is 0 Å². The molecule has 0 unspecified atom stereocenters. The van der Waals surface area contributed by atoms with Crippen LogP contribution in [0.4, 0.5) is 0 Å². The Bertz CT molecular complexity index is 221. The van der Waals surface area contributed by atoms with Gasteiger partial charge in [0.15, 0.2) is 0 Å². The zero-order chi connectivity index (χ0) is 14.7. The standard InChI is InChI=1S/C18H37NO/c1-4-7-8-17-9-11-18(12-10-17,16-19-6-3)13-15-20-14-5-2/h17,19H,4-16H2,1-3H3. The maximum atomic E-state index is 5.75. The number of ether oxygens (including phenoxy) is 1. The van der Waals surface area contributed by atoms with Crippen LogP contribution in [0.1, 0.15) is 78.6 Å². The van der Waals surface area contributed by atoms with E-state index in [1.807, 2.05) is 0 Å². The van der Waals surface area contributed by atoms with E-state index in [1.165, 1.54) is 57.9 Å². The number of rotatable bonds is 11. The summed E-state index contributed by atoms with van der Waals surface area (Å²) in [6.07, 6.45) is 12.3. The van der Waals surface area contributed by atoms with Gasteiger partial charge in [0.25, 0.3) is 0 Å². The van der Waals surface area contributed by atoms with E-state index in [0.717, 1.165) is 32.1 Å². The minimum atomic E-state index is 0.520. The van der Waals surface area contributed by atoms with E-state index >= 15 is 0 Å². The highest BCUT2D eigenvalue weighted by Gasteiger charge is 2.34. The van der Waals surface area contributed by atoms with Crippen molar-refractivity contribution >= 4 is 0 Å². The van der Waals surface area contributed by atoms with Gasteiger partial charge in [-0.3, -0.25) is 0 Å². The van der Waals surface area contributed by atoms with E-state index in [4.69, 9.17) is 4.74 Å². The normalized spacial score (nSPS) is 26.9. The molecular formula is C18H37NO. The molecule has 0 amide bonds. The Morgan fingerprint density at radius 3 is 2.40 bits per heavy atom. The second kappa shape index (κ2) is 10.6. The topological polar surface area (TPSA) is 21.3 Å². The summed E-state index contributed by atoms with van der Waals surface area (Å²) in [5.74, 6) is 1.00. The molecule has 0 atom stereocenters. The number of unbranched alkanes of at least 4 members (excludes halogenated alkanes) is 1. The molecule has 1 aliphatic rings. The molecule has 0 saturated heterocycles. The molecule has 0 aromatic heterocycles. The molecule has 0 bridgehead atoms. The van der Waals surface area contributed by atoms with Crippen LogP contribution in [0.2, 0.25) is 0 Å². The second-order valence-electron chi connectivity index (χ2n) is 6.73. The van der Waals surface area contributed by atoms with Crippen molar-refractivity contribution in [2.75, 3.05) is 26.3 Å². The SMILES string of the molecule is CCCCC1CCC(CCOCCC)(CNCC)CC1. The summed E-state index contributed by atoms with van der Waals surface area (Å²) < 4.78 is 5.75. The fourth-order valence-electron chi connectivity index (χ4n) is 3.51. The Morgan fingerprint density at radius 2 is 1.80 bits per heavy atom. The highest BCUT2D eigenvalue weighted by molar-refractivity contribution is 4.87. The van der Waals surface area contributed by atoms with Crippen molar-refractivity contribution < 1.29 is 4.74 Å². The first-order valence-corrected chi connectivity index (χ1v) is 9.04. The average Bonchev–Trinajstić information content (AvgIpc) is 2.49. The lowest BCUT2D eigenvalue weighted by Crippen LogP contribution is -2.38. The fraction of sp³-hybridized carbons (Fsp3) is 1.00. The molecule has 2 nitrogen and oxygen atoms in total. The summed E-state index contributed by atoms with van der Waals surface area (Å²) in [7, 11) is 0. The Morgan fingerprint density at radius 1 is 1.05 bits per heavy atom. The van der Waals surface area contributed by atoms with E-state index in [-0.39, 0.29) is 0 Å². The molecule has 0 aliphatic heterocycles. The van der Waals surface area contributed by atoms with E-state index in [2.05, 4.69) is 26.1 Å². The Kier molecular flexibility index (Phi) is 9.54. The maximum Gasteiger partial charge on any atom is 0.0471 e. The van der Waals surface area contributed by atoms with Crippen molar-refractivity contribution in [3.8, 4) is 0 Å². The second-order valence-corrected chi connectivity index (χ2v) is 6.73. The van der Waals surface area contributed by atoms with Crippen molar-refractivity contribution in [1.29, 1.82) is 0 Å². The van der Waals surface area contributed by atoms with Gasteiger partial charge in [-0.05, 0) is 56.4 Å². The van der Waals surface area contributed by atoms with Gasteiger partial charge in [-0.2, -0.15) is 0 Å². The molecule has 0 aromatic carbocycles. The summed E-state index contributed by atoms with van der Waals surface area (Å²) in [6, 6.07) is 0. The van der Waals surface area contributed by atoms with Crippen LogP contribution >= 0.6 is 0 Å². The lowest BCUT2D eigenvalue weighted by Gasteiger charge is -2.40. The summed E-state index contributed by atoms with van der Waals surface area (Å²) in [4.78, 5) is 0. The van der Waals surface area contributed by atoms with Crippen LogP contribution in [0.3, 0.4) is 0 Å². The molecule has 1 fully saturated rings. The Hall–Kier alpha value is -0.0800. The Labute approximate surface area is 127 Å². The van der Waals surface area contributed by atoms with Crippen LogP contribution in [0.15, 0.2) is 0 Å². The van der Waals surface area contributed by atoms with Crippen molar-refractivity contribution in [1.82, 2.24) is 5.32 Å². The van der Waals surface area contributed by atoms with Gasteiger partial charge in [0.2, 0.25) is 0 Å². The lowest BCUT2D eigenvalue weighted by molar-refractivity contribution is 0.0615. The highest BCUT2D eigenvalue weighted by atomic mass is 16.5. The fourth-order valence-corrected chi connectivity index (χ4v) is 3.51. The third kappa shape index (κ3) is 6.58. The maximum absolute atomic E-state index is 5.75. The van der Waals surface area contributed by atoms with Gasteiger partial charge in [-0.1, -0.05) is 40.0 Å². The van der Waals surface area contributed by atoms with Gasteiger partial charge in [0.1, 0.15) is 0 Å². The smallest absolute Gasteiger partial charge is 0.0471 e. The molecule has 1 N–H and O–H groups in total. The van der Waals surface area contributed by atoms with Gasteiger partial charge >= 0.3 is 0 Å². The minimum absolute atomic E-state index is 0.520. The molecule has 0 aromatic rings. The minimum Gasteiger partial charge on any atom is -0.381 e. The molecule has 120 valence electrons. The van der Waals surface area contributed by atoms with Crippen LogP contribution in [-0.4, -0.2) is 26.3 Å². The molecule has 0 heterocycles. The molecular weight excluding hydrogens is 246 g/mol. The summed E-state index contributed by atoms with van der Waals surface area (Å²) >= 11 is 0. The molecule has 2 heteroatoms. The first-order valence-electron chi connectivity index (χ1n) is 9.04. The number of nitrogens with one attached hydrogen (secondary N) is 1. The molecule has 1 rings (SSSR count). The first-order chi connectivity index (χ1) is 9.76. The van der Waals surface area contributed by atoms with Gasteiger partial charge < -0.3 is 10.1 Å². The monoisotopic (exact) mass is 283 g/mol. The zero-order valence-electron chi connectivity index (χ0n) is 14.2. The molecule has 0 radical (unpaired) electrons. The van der Waals surface area contributed by atoms with Crippen LogP contribution in [-0.2, 0) is 4.74 Å². The van der Waals surface area contributed by atoms with E-state index in [9.17, 15) is 0 Å². The third-order valence-electron chi connectivity index (χ3n) is 5.01. The number of hydrogen-bond acceptors (Lipinski definition) is 2. The van der Waals surface area contributed by atoms with E-state index in [0.29, 0.717) is 5.41 Å². The van der Waals surface area contributed by atoms with Crippen molar-refractivity contribution in [2.24, 2.45) is 11.3 Å². The van der Waals surface area contributed by atoms with E-state index < -0.39 is 0 Å². The average molecular weight is 284 g/mol. The Balaban J connectivity index is 2.36. The zero-order valence-corrected chi connectivity index (χ0v) is 14.2. The van der Waals surface area contributed by atoms with E-state index in [1.54, 1.807) is 0 Å². The first kappa shape index (κ1) is 18.0. The quantitative estimate of drug-likeness (QED) is 0.551. The van der Waals surface area contributed by atoms with Crippen LogP contribution in [0.25, 0.3) is 0 Å². The predicted molar refractivity (Wildman–Crippen MR) is 88.2 cm³/mol. The predicted octanol–water partition coefficient (Wildman–Crippen LogP) is 4.78. The van der Waals surface area contributed by atoms with Gasteiger partial charge in [0.05, 0.1) is 0 Å². The molecule has 1 saturated carbocycles. The summed E-state index contributed by atoms with van der Waals surface area (Å²) in [6.45, 7) is 10.9. The number of hydrogen-bond donors (Lipinski definition) is 1. The van der Waals surface area contributed by atoms with Crippen molar-refractivity contribution in [2.45, 2.75) is 78.6 Å². The van der Waals surface area contributed by atoms with Crippen LogP contribution in [0, 0.1) is 11.3 Å². The summed E-state index contributed by atoms with van der Waals surface area (Å²) in [5.41, 5.74) is 0.520. The van der Waals surface area contributed by atoms with Gasteiger partial charge in [-0.25, -0.2) is 0 Å². The van der Waals surface area contributed by atoms with Gasteiger partial charge in [-0.15, -0.1) is 0 Å². The lowest BCUT2D eigenvalue weighted by atomic mass is 9.67. The molecule has 1 aliphatic carbocycles. The summed E-state index contributed by atoms with van der Waals surface area (Å²) in [5, 5.41) is 3.60. The molecule has 20 heavy (non-hydrogen) atoms. The highest BCUT2D eigenvalue weighted by Crippen LogP contribution is 2.42. The third-order valence-corrected chi connectivity index (χ3v) is 5.01. The van der Waals surface area contributed by atoms with Crippen LogP contribution < -0.4 is 5.32 Å². The largest absolute Gasteiger partial charge is 0.381 e.